The van der Waals surface area contributed by atoms with E-state index >= 15 is 0 Å². The highest BCUT2D eigenvalue weighted by molar-refractivity contribution is 7.99. The van der Waals surface area contributed by atoms with Crippen molar-refractivity contribution >= 4 is 17.4 Å². The predicted molar refractivity (Wildman–Crippen MR) is 78.2 cm³/mol. The number of pyridine rings is 1. The van der Waals surface area contributed by atoms with Crippen LogP contribution in [0.4, 0.5) is 5.69 Å². The molecule has 3 rings (SSSR count). The fourth-order valence-electron chi connectivity index (χ4n) is 2.36. The van der Waals surface area contributed by atoms with E-state index in [0.29, 0.717) is 10.6 Å². The highest BCUT2D eigenvalue weighted by atomic mass is 32.2. The Morgan fingerprint density at radius 3 is 2.71 bits per heavy atom. The summed E-state index contributed by atoms with van der Waals surface area (Å²) >= 11 is 1.37. The van der Waals surface area contributed by atoms with Crippen molar-refractivity contribution in [3.63, 3.8) is 0 Å². The molecule has 0 fully saturated rings. The molecule has 1 heterocycles. The van der Waals surface area contributed by atoms with Crippen LogP contribution >= 0.6 is 11.8 Å². The van der Waals surface area contributed by atoms with Gasteiger partial charge in [0.15, 0.2) is 0 Å². The Balaban J connectivity index is 1.91. The molecule has 21 heavy (non-hydrogen) atoms. The Kier molecular flexibility index (Phi) is 3.59. The number of benzene rings is 1. The number of nitro benzene ring substituents is 1. The van der Waals surface area contributed by atoms with E-state index in [1.807, 2.05) is 6.07 Å². The van der Waals surface area contributed by atoms with Crippen molar-refractivity contribution < 1.29 is 4.92 Å². The van der Waals surface area contributed by atoms with Gasteiger partial charge in [0.1, 0.15) is 11.1 Å². The van der Waals surface area contributed by atoms with E-state index in [4.69, 9.17) is 0 Å². The largest absolute Gasteiger partial charge is 0.269 e. The molecule has 1 aromatic carbocycles. The van der Waals surface area contributed by atoms with Crippen LogP contribution < -0.4 is 0 Å². The van der Waals surface area contributed by atoms with Crippen molar-refractivity contribution in [3.05, 3.63) is 57.3 Å². The molecule has 6 heteroatoms. The Hall–Kier alpha value is -2.39. The van der Waals surface area contributed by atoms with Gasteiger partial charge >= 0.3 is 0 Å². The van der Waals surface area contributed by atoms with Gasteiger partial charge in [0.2, 0.25) is 0 Å². The number of aryl methyl sites for hydroxylation is 2. The summed E-state index contributed by atoms with van der Waals surface area (Å²) in [4.78, 5) is 15.6. The average Bonchev–Trinajstić information content (AvgIpc) is 2.94. The third-order valence-corrected chi connectivity index (χ3v) is 4.41. The quantitative estimate of drug-likeness (QED) is 0.640. The van der Waals surface area contributed by atoms with Crippen molar-refractivity contribution in [1.29, 1.82) is 5.26 Å². The Labute approximate surface area is 125 Å². The summed E-state index contributed by atoms with van der Waals surface area (Å²) in [7, 11) is 0. The molecular formula is C15H11N3O2S. The second-order valence-corrected chi connectivity index (χ2v) is 5.83. The van der Waals surface area contributed by atoms with Crippen molar-refractivity contribution in [2.45, 2.75) is 29.2 Å². The van der Waals surface area contributed by atoms with Gasteiger partial charge < -0.3 is 0 Å². The van der Waals surface area contributed by atoms with Crippen molar-refractivity contribution in [2.24, 2.45) is 0 Å². The highest BCUT2D eigenvalue weighted by Gasteiger charge is 2.17. The third-order valence-electron chi connectivity index (χ3n) is 3.40. The first-order valence-corrected chi connectivity index (χ1v) is 7.34. The van der Waals surface area contributed by atoms with Gasteiger partial charge in [0.25, 0.3) is 5.69 Å². The zero-order chi connectivity index (χ0) is 14.8. The Morgan fingerprint density at radius 2 is 2.05 bits per heavy atom. The molecule has 0 atom stereocenters. The predicted octanol–water partition coefficient (Wildman–Crippen LogP) is 3.50. The summed E-state index contributed by atoms with van der Waals surface area (Å²) in [5.74, 6) is 0. The van der Waals surface area contributed by atoms with E-state index in [1.165, 1.54) is 29.5 Å². The second-order valence-electron chi connectivity index (χ2n) is 4.77. The zero-order valence-electron chi connectivity index (χ0n) is 11.1. The van der Waals surface area contributed by atoms with Crippen LogP contribution in [0.5, 0.6) is 0 Å². The van der Waals surface area contributed by atoms with Crippen LogP contribution in [-0.2, 0) is 12.8 Å². The number of rotatable bonds is 3. The maximum Gasteiger partial charge on any atom is 0.269 e. The minimum Gasteiger partial charge on any atom is -0.258 e. The Morgan fingerprint density at radius 1 is 1.29 bits per heavy atom. The molecule has 0 saturated heterocycles. The van der Waals surface area contributed by atoms with Gasteiger partial charge in [-0.25, -0.2) is 4.98 Å². The normalized spacial score (nSPS) is 12.7. The van der Waals surface area contributed by atoms with Crippen LogP contribution in [0.15, 0.2) is 40.3 Å². The number of non-ortho nitro benzene ring substituents is 1. The molecule has 0 radical (unpaired) electrons. The molecule has 0 saturated carbocycles. The molecule has 0 N–H and O–H groups in total. The first-order chi connectivity index (χ1) is 10.2. The first kappa shape index (κ1) is 13.6. The SMILES string of the molecule is N#Cc1cc2c(nc1Sc1ccc([N+](=O)[O-])cc1)CCC2. The van der Waals surface area contributed by atoms with E-state index < -0.39 is 4.92 Å². The van der Waals surface area contributed by atoms with E-state index in [-0.39, 0.29) is 5.69 Å². The molecule has 0 unspecified atom stereocenters. The summed E-state index contributed by atoms with van der Waals surface area (Å²) in [6.45, 7) is 0. The van der Waals surface area contributed by atoms with E-state index in [1.54, 1.807) is 12.1 Å². The number of nitriles is 1. The fraction of sp³-hybridized carbons (Fsp3) is 0.200. The van der Waals surface area contributed by atoms with Gasteiger partial charge in [0.05, 0.1) is 10.5 Å². The molecule has 1 aliphatic carbocycles. The Bertz CT molecular complexity index is 751. The molecule has 1 aliphatic rings. The third kappa shape index (κ3) is 2.73. The molecule has 0 amide bonds. The van der Waals surface area contributed by atoms with E-state index in [9.17, 15) is 15.4 Å². The fourth-order valence-corrected chi connectivity index (χ4v) is 3.22. The lowest BCUT2D eigenvalue weighted by molar-refractivity contribution is -0.384. The van der Waals surface area contributed by atoms with Gasteiger partial charge in [-0.2, -0.15) is 5.26 Å². The second kappa shape index (κ2) is 5.54. The topological polar surface area (TPSA) is 79.8 Å². The minimum absolute atomic E-state index is 0.0572. The molecule has 1 aromatic heterocycles. The van der Waals surface area contributed by atoms with Gasteiger partial charge in [-0.05, 0) is 43.0 Å². The zero-order valence-corrected chi connectivity index (χ0v) is 11.9. The van der Waals surface area contributed by atoms with Gasteiger partial charge in [-0.15, -0.1) is 0 Å². The molecule has 104 valence electrons. The summed E-state index contributed by atoms with van der Waals surface area (Å²) in [5, 5.41) is 20.6. The molecular weight excluding hydrogens is 286 g/mol. The summed E-state index contributed by atoms with van der Waals surface area (Å²) in [6, 6.07) is 10.4. The number of aromatic nitrogens is 1. The lowest BCUT2D eigenvalue weighted by Gasteiger charge is -2.06. The summed E-state index contributed by atoms with van der Waals surface area (Å²) in [6.07, 6.45) is 3.02. The van der Waals surface area contributed by atoms with E-state index in [0.717, 1.165) is 29.9 Å². The smallest absolute Gasteiger partial charge is 0.258 e. The average molecular weight is 297 g/mol. The standard InChI is InChI=1S/C15H11N3O2S/c16-9-11-8-10-2-1-3-14(10)17-15(11)21-13-6-4-12(5-7-13)18(19)20/h4-8H,1-3H2. The van der Waals surface area contributed by atoms with Crippen molar-refractivity contribution in [2.75, 3.05) is 0 Å². The molecule has 0 spiro atoms. The molecule has 0 bridgehead atoms. The lowest BCUT2D eigenvalue weighted by Crippen LogP contribution is -1.94. The van der Waals surface area contributed by atoms with Crippen molar-refractivity contribution in [3.8, 4) is 6.07 Å². The summed E-state index contributed by atoms with van der Waals surface area (Å²) < 4.78 is 0. The minimum atomic E-state index is -0.428. The number of fused-ring (bicyclic) bond motifs is 1. The van der Waals surface area contributed by atoms with Crippen LogP contribution in [0.25, 0.3) is 0 Å². The molecule has 0 aliphatic heterocycles. The molecule has 2 aromatic rings. The highest BCUT2D eigenvalue weighted by Crippen LogP contribution is 2.33. The van der Waals surface area contributed by atoms with Gasteiger partial charge in [-0.3, -0.25) is 10.1 Å². The molecule has 5 nitrogen and oxygen atoms in total. The summed E-state index contributed by atoms with van der Waals surface area (Å²) in [5.41, 5.74) is 2.86. The number of nitro groups is 1. The monoisotopic (exact) mass is 297 g/mol. The van der Waals surface area contributed by atoms with Crippen LogP contribution in [0.3, 0.4) is 0 Å². The first-order valence-electron chi connectivity index (χ1n) is 6.52. The van der Waals surface area contributed by atoms with Gasteiger partial charge in [-0.1, -0.05) is 11.8 Å². The number of nitrogens with zero attached hydrogens (tertiary/aromatic N) is 3. The van der Waals surface area contributed by atoms with E-state index in [2.05, 4.69) is 11.1 Å². The van der Waals surface area contributed by atoms with Crippen LogP contribution in [-0.4, -0.2) is 9.91 Å². The maximum absolute atomic E-state index is 10.6. The number of hydrogen-bond acceptors (Lipinski definition) is 5. The lowest BCUT2D eigenvalue weighted by atomic mass is 10.2. The van der Waals surface area contributed by atoms with Gasteiger partial charge in [0, 0.05) is 22.7 Å². The number of hydrogen-bond donors (Lipinski definition) is 0. The van der Waals surface area contributed by atoms with Crippen LogP contribution in [0.2, 0.25) is 0 Å². The van der Waals surface area contributed by atoms with Crippen LogP contribution in [0.1, 0.15) is 23.2 Å². The maximum atomic E-state index is 10.6. The van der Waals surface area contributed by atoms with Crippen LogP contribution in [0, 0.1) is 21.4 Å². The van der Waals surface area contributed by atoms with Crippen molar-refractivity contribution in [1.82, 2.24) is 4.98 Å².